The molecule has 0 saturated carbocycles. The number of halogens is 1. The molecular weight excluding hydrogens is 259 g/mol. The van der Waals surface area contributed by atoms with Gasteiger partial charge in [0.15, 0.2) is 0 Å². The van der Waals surface area contributed by atoms with E-state index in [9.17, 15) is 9.65 Å². The summed E-state index contributed by atoms with van der Waals surface area (Å²) in [6.07, 6.45) is 1.93. The number of anilines is 2. The molecule has 2 aromatic rings. The summed E-state index contributed by atoms with van der Waals surface area (Å²) in [6, 6.07) is 14.2. The summed E-state index contributed by atoms with van der Waals surface area (Å²) in [6.45, 7) is 0. The standard InChI is InChI=1S/C15H13FN2S/c1-18(12-6-3-5-11(16)9-12)14-7-4-8-15(19-2)13(14)10-17/h3-9H,1-2H3. The first-order valence-corrected chi connectivity index (χ1v) is 6.96. The van der Waals surface area contributed by atoms with Crippen LogP contribution in [0, 0.1) is 17.1 Å². The molecule has 4 heteroatoms. The van der Waals surface area contributed by atoms with Crippen LogP contribution in [-0.4, -0.2) is 13.3 Å². The van der Waals surface area contributed by atoms with Crippen molar-refractivity contribution in [3.63, 3.8) is 0 Å². The summed E-state index contributed by atoms with van der Waals surface area (Å²) in [7, 11) is 1.83. The van der Waals surface area contributed by atoms with Gasteiger partial charge >= 0.3 is 0 Å². The minimum absolute atomic E-state index is 0.288. The Morgan fingerprint density at radius 2 is 1.95 bits per heavy atom. The Morgan fingerprint density at radius 3 is 2.58 bits per heavy atom. The first kappa shape index (κ1) is 13.4. The third-order valence-corrected chi connectivity index (χ3v) is 3.67. The lowest BCUT2D eigenvalue weighted by Crippen LogP contribution is -2.11. The third kappa shape index (κ3) is 2.72. The minimum atomic E-state index is -0.288. The zero-order chi connectivity index (χ0) is 13.8. The normalized spacial score (nSPS) is 10.0. The molecule has 0 unspecified atom stereocenters. The number of rotatable bonds is 3. The molecule has 0 bridgehead atoms. The maximum absolute atomic E-state index is 13.3. The second-order valence-corrected chi connectivity index (χ2v) is 4.85. The second kappa shape index (κ2) is 5.77. The van der Waals surface area contributed by atoms with Gasteiger partial charge in [0.25, 0.3) is 0 Å². The molecule has 2 aromatic carbocycles. The highest BCUT2D eigenvalue weighted by atomic mass is 32.2. The highest BCUT2D eigenvalue weighted by Crippen LogP contribution is 2.32. The molecule has 2 rings (SSSR count). The molecule has 0 aliphatic heterocycles. The van der Waals surface area contributed by atoms with Crippen molar-refractivity contribution in [1.82, 2.24) is 0 Å². The smallest absolute Gasteiger partial charge is 0.125 e. The van der Waals surface area contributed by atoms with E-state index in [-0.39, 0.29) is 5.82 Å². The number of nitriles is 1. The zero-order valence-corrected chi connectivity index (χ0v) is 11.5. The maximum atomic E-state index is 13.3. The van der Waals surface area contributed by atoms with Crippen LogP contribution in [0.15, 0.2) is 47.4 Å². The second-order valence-electron chi connectivity index (χ2n) is 4.01. The van der Waals surface area contributed by atoms with Crippen LogP contribution in [0.3, 0.4) is 0 Å². The van der Waals surface area contributed by atoms with Crippen molar-refractivity contribution in [2.45, 2.75) is 4.90 Å². The van der Waals surface area contributed by atoms with Crippen LogP contribution in [0.2, 0.25) is 0 Å². The molecular formula is C15H13FN2S. The lowest BCUT2D eigenvalue weighted by atomic mass is 10.1. The number of hydrogen-bond donors (Lipinski definition) is 0. The van der Waals surface area contributed by atoms with E-state index in [1.54, 1.807) is 6.07 Å². The largest absolute Gasteiger partial charge is 0.343 e. The number of thioether (sulfide) groups is 1. The Morgan fingerprint density at radius 1 is 1.21 bits per heavy atom. The maximum Gasteiger partial charge on any atom is 0.125 e. The fraction of sp³-hybridized carbons (Fsp3) is 0.133. The average Bonchev–Trinajstić information content (AvgIpc) is 2.45. The van der Waals surface area contributed by atoms with E-state index in [4.69, 9.17) is 0 Å². The fourth-order valence-electron chi connectivity index (χ4n) is 1.91. The van der Waals surface area contributed by atoms with Gasteiger partial charge in [-0.15, -0.1) is 11.8 Å². The predicted octanol–water partition coefficient (Wildman–Crippen LogP) is 4.19. The average molecular weight is 272 g/mol. The van der Waals surface area contributed by atoms with E-state index < -0.39 is 0 Å². The lowest BCUT2D eigenvalue weighted by Gasteiger charge is -2.21. The van der Waals surface area contributed by atoms with Gasteiger partial charge in [-0.25, -0.2) is 4.39 Å². The molecule has 2 nitrogen and oxygen atoms in total. The highest BCUT2D eigenvalue weighted by molar-refractivity contribution is 7.98. The molecule has 19 heavy (non-hydrogen) atoms. The summed E-state index contributed by atoms with van der Waals surface area (Å²) in [4.78, 5) is 2.74. The van der Waals surface area contributed by atoms with Crippen LogP contribution in [0.4, 0.5) is 15.8 Å². The lowest BCUT2D eigenvalue weighted by molar-refractivity contribution is 0.628. The Bertz CT molecular complexity index is 634. The summed E-state index contributed by atoms with van der Waals surface area (Å²) in [5.74, 6) is -0.288. The minimum Gasteiger partial charge on any atom is -0.343 e. The summed E-state index contributed by atoms with van der Waals surface area (Å²) >= 11 is 1.53. The quantitative estimate of drug-likeness (QED) is 0.784. The zero-order valence-electron chi connectivity index (χ0n) is 10.7. The van der Waals surface area contributed by atoms with Gasteiger partial charge in [-0.05, 0) is 36.6 Å². The Labute approximate surface area is 116 Å². The van der Waals surface area contributed by atoms with Crippen molar-refractivity contribution in [3.8, 4) is 6.07 Å². The molecule has 0 radical (unpaired) electrons. The van der Waals surface area contributed by atoms with E-state index in [1.807, 2.05) is 42.5 Å². The monoisotopic (exact) mass is 272 g/mol. The summed E-state index contributed by atoms with van der Waals surface area (Å²) < 4.78 is 13.3. The molecule has 0 saturated heterocycles. The van der Waals surface area contributed by atoms with Crippen molar-refractivity contribution >= 4 is 23.1 Å². The number of hydrogen-bond acceptors (Lipinski definition) is 3. The van der Waals surface area contributed by atoms with Crippen LogP contribution in [0.5, 0.6) is 0 Å². The van der Waals surface area contributed by atoms with E-state index in [0.717, 1.165) is 16.3 Å². The van der Waals surface area contributed by atoms with Crippen molar-refractivity contribution in [2.24, 2.45) is 0 Å². The van der Waals surface area contributed by atoms with Gasteiger partial charge in [0.05, 0.1) is 11.3 Å². The van der Waals surface area contributed by atoms with E-state index in [0.29, 0.717) is 5.56 Å². The predicted molar refractivity (Wildman–Crippen MR) is 77.4 cm³/mol. The van der Waals surface area contributed by atoms with Gasteiger partial charge in [0.1, 0.15) is 11.9 Å². The van der Waals surface area contributed by atoms with E-state index in [2.05, 4.69) is 6.07 Å². The Balaban J connectivity index is 2.50. The molecule has 96 valence electrons. The summed E-state index contributed by atoms with van der Waals surface area (Å²) in [5, 5.41) is 9.32. The third-order valence-electron chi connectivity index (χ3n) is 2.89. The Kier molecular flexibility index (Phi) is 4.08. The van der Waals surface area contributed by atoms with Gasteiger partial charge in [0, 0.05) is 17.6 Å². The van der Waals surface area contributed by atoms with Crippen molar-refractivity contribution in [3.05, 3.63) is 53.8 Å². The van der Waals surface area contributed by atoms with Gasteiger partial charge < -0.3 is 4.90 Å². The van der Waals surface area contributed by atoms with Crippen LogP contribution in [0.1, 0.15) is 5.56 Å². The van der Waals surface area contributed by atoms with E-state index >= 15 is 0 Å². The van der Waals surface area contributed by atoms with Crippen molar-refractivity contribution in [1.29, 1.82) is 5.26 Å². The molecule has 0 aromatic heterocycles. The first-order valence-electron chi connectivity index (χ1n) is 5.73. The molecule has 0 aliphatic carbocycles. The molecule has 0 heterocycles. The van der Waals surface area contributed by atoms with Crippen LogP contribution in [0.25, 0.3) is 0 Å². The summed E-state index contributed by atoms with van der Waals surface area (Å²) in [5.41, 5.74) is 2.11. The van der Waals surface area contributed by atoms with Crippen molar-refractivity contribution in [2.75, 3.05) is 18.2 Å². The van der Waals surface area contributed by atoms with Crippen LogP contribution >= 0.6 is 11.8 Å². The van der Waals surface area contributed by atoms with Gasteiger partial charge in [-0.3, -0.25) is 0 Å². The molecule has 0 aliphatic rings. The van der Waals surface area contributed by atoms with E-state index in [1.165, 1.54) is 23.9 Å². The fourth-order valence-corrected chi connectivity index (χ4v) is 2.47. The van der Waals surface area contributed by atoms with Gasteiger partial charge in [-0.1, -0.05) is 12.1 Å². The number of benzene rings is 2. The molecule has 0 N–H and O–H groups in total. The molecule has 0 atom stereocenters. The molecule has 0 amide bonds. The van der Waals surface area contributed by atoms with Crippen LogP contribution < -0.4 is 4.90 Å². The Hall–Kier alpha value is -1.99. The number of nitrogens with zero attached hydrogens (tertiary/aromatic N) is 2. The van der Waals surface area contributed by atoms with Gasteiger partial charge in [0.2, 0.25) is 0 Å². The van der Waals surface area contributed by atoms with Crippen molar-refractivity contribution < 1.29 is 4.39 Å². The first-order chi connectivity index (χ1) is 9.17. The molecule has 0 fully saturated rings. The SMILES string of the molecule is CSc1cccc(N(C)c2cccc(F)c2)c1C#N. The highest BCUT2D eigenvalue weighted by Gasteiger charge is 2.12. The molecule has 0 spiro atoms. The van der Waals surface area contributed by atoms with Gasteiger partial charge in [-0.2, -0.15) is 5.26 Å². The topological polar surface area (TPSA) is 27.0 Å². The van der Waals surface area contributed by atoms with Crippen LogP contribution in [-0.2, 0) is 0 Å².